The van der Waals surface area contributed by atoms with E-state index < -0.39 is 0 Å². The van der Waals surface area contributed by atoms with E-state index in [2.05, 4.69) is 5.10 Å². The van der Waals surface area contributed by atoms with Gasteiger partial charge in [0.1, 0.15) is 12.4 Å². The van der Waals surface area contributed by atoms with E-state index in [-0.39, 0.29) is 6.04 Å². The zero-order valence-electron chi connectivity index (χ0n) is 12.8. The first-order valence-corrected chi connectivity index (χ1v) is 7.67. The minimum atomic E-state index is -0.0704. The number of rotatable bonds is 6. The van der Waals surface area contributed by atoms with Gasteiger partial charge in [-0.1, -0.05) is 36.7 Å². The number of benzene rings is 1. The second-order valence-electron chi connectivity index (χ2n) is 4.99. The third-order valence-electron chi connectivity index (χ3n) is 3.47. The average molecular weight is 308 g/mol. The van der Waals surface area contributed by atoms with Gasteiger partial charge in [0, 0.05) is 18.2 Å². The summed E-state index contributed by atoms with van der Waals surface area (Å²) in [6, 6.07) is 7.75. The molecule has 21 heavy (non-hydrogen) atoms. The molecule has 0 saturated carbocycles. The number of aryl methyl sites for hydroxylation is 2. The SMILES string of the molecule is CCc1nn(CC)c(COc2ccccc2[C@H](C)N)c1Cl. The third-order valence-corrected chi connectivity index (χ3v) is 3.90. The molecule has 4 nitrogen and oxygen atoms in total. The zero-order valence-corrected chi connectivity index (χ0v) is 13.5. The highest BCUT2D eigenvalue weighted by Gasteiger charge is 2.15. The van der Waals surface area contributed by atoms with Crippen LogP contribution in [0.4, 0.5) is 0 Å². The number of para-hydroxylation sites is 1. The smallest absolute Gasteiger partial charge is 0.131 e. The first-order valence-electron chi connectivity index (χ1n) is 7.29. The van der Waals surface area contributed by atoms with Crippen LogP contribution < -0.4 is 10.5 Å². The van der Waals surface area contributed by atoms with E-state index in [0.717, 1.165) is 35.7 Å². The lowest BCUT2D eigenvalue weighted by Gasteiger charge is -2.14. The van der Waals surface area contributed by atoms with Crippen LogP contribution in [0.5, 0.6) is 5.75 Å². The lowest BCUT2D eigenvalue weighted by atomic mass is 10.1. The molecule has 0 saturated heterocycles. The molecule has 0 radical (unpaired) electrons. The average Bonchev–Trinajstić information content (AvgIpc) is 2.80. The largest absolute Gasteiger partial charge is 0.487 e. The Labute approximate surface area is 130 Å². The second-order valence-corrected chi connectivity index (χ2v) is 5.37. The number of aromatic nitrogens is 2. The topological polar surface area (TPSA) is 53.1 Å². The summed E-state index contributed by atoms with van der Waals surface area (Å²) in [6.45, 7) is 7.20. The van der Waals surface area contributed by atoms with Crippen LogP contribution in [0.25, 0.3) is 0 Å². The molecule has 0 aliphatic rings. The van der Waals surface area contributed by atoms with E-state index in [9.17, 15) is 0 Å². The van der Waals surface area contributed by atoms with Crippen molar-refractivity contribution in [1.82, 2.24) is 9.78 Å². The number of halogens is 1. The Hall–Kier alpha value is -1.52. The van der Waals surface area contributed by atoms with Gasteiger partial charge in [-0.05, 0) is 26.3 Å². The van der Waals surface area contributed by atoms with Crippen LogP contribution in [0.2, 0.25) is 5.02 Å². The Morgan fingerprint density at radius 2 is 2.05 bits per heavy atom. The first-order chi connectivity index (χ1) is 10.1. The summed E-state index contributed by atoms with van der Waals surface area (Å²) in [5.41, 5.74) is 8.79. The molecule has 5 heteroatoms. The maximum atomic E-state index is 6.39. The van der Waals surface area contributed by atoms with Gasteiger partial charge in [0.2, 0.25) is 0 Å². The molecule has 0 bridgehead atoms. The summed E-state index contributed by atoms with van der Waals surface area (Å²) in [7, 11) is 0. The molecule has 0 unspecified atom stereocenters. The minimum Gasteiger partial charge on any atom is -0.487 e. The normalized spacial score (nSPS) is 12.4. The highest BCUT2D eigenvalue weighted by Crippen LogP contribution is 2.27. The Kier molecular flexibility index (Phi) is 5.26. The van der Waals surface area contributed by atoms with Crippen molar-refractivity contribution in [2.24, 2.45) is 5.73 Å². The fraction of sp³-hybridized carbons (Fsp3) is 0.438. The molecular weight excluding hydrogens is 286 g/mol. The highest BCUT2D eigenvalue weighted by molar-refractivity contribution is 6.31. The van der Waals surface area contributed by atoms with E-state index >= 15 is 0 Å². The van der Waals surface area contributed by atoms with Crippen molar-refractivity contribution in [2.45, 2.75) is 46.4 Å². The van der Waals surface area contributed by atoms with Gasteiger partial charge in [-0.3, -0.25) is 4.68 Å². The van der Waals surface area contributed by atoms with E-state index in [4.69, 9.17) is 22.1 Å². The quantitative estimate of drug-likeness (QED) is 0.885. The Morgan fingerprint density at radius 1 is 1.33 bits per heavy atom. The second kappa shape index (κ2) is 6.96. The first kappa shape index (κ1) is 15.9. The predicted octanol–water partition coefficient (Wildman–Crippen LogP) is 3.72. The molecule has 0 amide bonds. The van der Waals surface area contributed by atoms with Gasteiger partial charge >= 0.3 is 0 Å². The fourth-order valence-corrected chi connectivity index (χ4v) is 2.61. The summed E-state index contributed by atoms with van der Waals surface area (Å²) < 4.78 is 7.84. The van der Waals surface area contributed by atoms with E-state index in [1.807, 2.05) is 49.7 Å². The third kappa shape index (κ3) is 3.39. The molecule has 1 atom stereocenters. The van der Waals surface area contributed by atoms with E-state index in [1.54, 1.807) is 0 Å². The van der Waals surface area contributed by atoms with Gasteiger partial charge in [0.25, 0.3) is 0 Å². The fourth-order valence-electron chi connectivity index (χ4n) is 2.29. The molecule has 1 aromatic heterocycles. The standard InChI is InChI=1S/C16H22ClN3O/c1-4-13-16(17)14(20(5-2)19-13)10-21-15-9-7-6-8-12(15)11(3)18/h6-9,11H,4-5,10,18H2,1-3H3/t11-/m0/s1. The number of hydrogen-bond acceptors (Lipinski definition) is 3. The molecule has 2 N–H and O–H groups in total. The maximum absolute atomic E-state index is 6.39. The molecular formula is C16H22ClN3O. The molecule has 0 aliphatic heterocycles. The lowest BCUT2D eigenvalue weighted by Crippen LogP contribution is -2.10. The van der Waals surface area contributed by atoms with Gasteiger partial charge in [-0.2, -0.15) is 5.10 Å². The van der Waals surface area contributed by atoms with Crippen molar-refractivity contribution in [2.75, 3.05) is 0 Å². The number of ether oxygens (including phenoxy) is 1. The van der Waals surface area contributed by atoms with Crippen molar-refractivity contribution in [3.8, 4) is 5.75 Å². The predicted molar refractivity (Wildman–Crippen MR) is 85.7 cm³/mol. The summed E-state index contributed by atoms with van der Waals surface area (Å²) in [6.07, 6.45) is 0.815. The molecule has 2 aromatic rings. The molecule has 114 valence electrons. The van der Waals surface area contributed by atoms with Crippen LogP contribution in [0.3, 0.4) is 0 Å². The van der Waals surface area contributed by atoms with Crippen molar-refractivity contribution < 1.29 is 4.74 Å². The van der Waals surface area contributed by atoms with Crippen molar-refractivity contribution in [1.29, 1.82) is 0 Å². The Morgan fingerprint density at radius 3 is 2.67 bits per heavy atom. The number of nitrogens with zero attached hydrogens (tertiary/aromatic N) is 2. The van der Waals surface area contributed by atoms with Crippen molar-refractivity contribution in [3.63, 3.8) is 0 Å². The summed E-state index contributed by atoms with van der Waals surface area (Å²) >= 11 is 6.39. The van der Waals surface area contributed by atoms with Crippen LogP contribution in [0.1, 0.15) is 43.8 Å². The van der Waals surface area contributed by atoms with Crippen LogP contribution >= 0.6 is 11.6 Å². The summed E-state index contributed by atoms with van der Waals surface area (Å²) in [5.74, 6) is 0.797. The Bertz CT molecular complexity index is 608. The lowest BCUT2D eigenvalue weighted by molar-refractivity contribution is 0.288. The monoisotopic (exact) mass is 307 g/mol. The van der Waals surface area contributed by atoms with Crippen LogP contribution in [0, 0.1) is 0 Å². The molecule has 0 spiro atoms. The Balaban J connectivity index is 2.23. The molecule has 2 rings (SSSR count). The van der Waals surface area contributed by atoms with Crippen LogP contribution in [-0.4, -0.2) is 9.78 Å². The molecule has 1 heterocycles. The van der Waals surface area contributed by atoms with Crippen molar-refractivity contribution in [3.05, 3.63) is 46.2 Å². The van der Waals surface area contributed by atoms with E-state index in [1.165, 1.54) is 0 Å². The van der Waals surface area contributed by atoms with Crippen LogP contribution in [0.15, 0.2) is 24.3 Å². The van der Waals surface area contributed by atoms with Gasteiger partial charge in [0.15, 0.2) is 0 Å². The van der Waals surface area contributed by atoms with Gasteiger partial charge in [-0.15, -0.1) is 0 Å². The molecule has 0 fully saturated rings. The zero-order chi connectivity index (χ0) is 15.4. The summed E-state index contributed by atoms with van der Waals surface area (Å²) in [5, 5.41) is 5.20. The number of hydrogen-bond donors (Lipinski definition) is 1. The maximum Gasteiger partial charge on any atom is 0.131 e. The van der Waals surface area contributed by atoms with Crippen LogP contribution in [-0.2, 0) is 19.6 Å². The van der Waals surface area contributed by atoms with E-state index in [0.29, 0.717) is 11.6 Å². The minimum absolute atomic E-state index is 0.0704. The summed E-state index contributed by atoms with van der Waals surface area (Å²) in [4.78, 5) is 0. The van der Waals surface area contributed by atoms with Gasteiger partial charge < -0.3 is 10.5 Å². The van der Waals surface area contributed by atoms with Gasteiger partial charge in [-0.25, -0.2) is 0 Å². The van der Waals surface area contributed by atoms with Gasteiger partial charge in [0.05, 0.1) is 16.4 Å². The molecule has 0 aliphatic carbocycles. The highest BCUT2D eigenvalue weighted by atomic mass is 35.5. The number of nitrogens with two attached hydrogens (primary N) is 1. The molecule has 1 aromatic carbocycles. The van der Waals surface area contributed by atoms with Crippen molar-refractivity contribution >= 4 is 11.6 Å².